The van der Waals surface area contributed by atoms with Crippen LogP contribution < -0.4 is 0 Å². The summed E-state index contributed by atoms with van der Waals surface area (Å²) < 4.78 is 2.05. The Morgan fingerprint density at radius 1 is 1.64 bits per heavy atom. The van der Waals surface area contributed by atoms with Gasteiger partial charge in [0, 0.05) is 12.2 Å². The van der Waals surface area contributed by atoms with E-state index in [1.807, 2.05) is 4.68 Å². The third-order valence-electron chi connectivity index (χ3n) is 3.08. The number of rotatable bonds is 1. The predicted molar refractivity (Wildman–Crippen MR) is 53.8 cm³/mol. The van der Waals surface area contributed by atoms with E-state index in [1.165, 1.54) is 17.0 Å². The fourth-order valence-corrected chi connectivity index (χ4v) is 2.19. The monoisotopic (exact) mass is 189 g/mol. The van der Waals surface area contributed by atoms with Gasteiger partial charge < -0.3 is 0 Å². The Balaban J connectivity index is 2.37. The van der Waals surface area contributed by atoms with Crippen LogP contribution >= 0.6 is 0 Å². The van der Waals surface area contributed by atoms with Crippen molar-refractivity contribution in [2.45, 2.75) is 39.7 Å². The molecule has 3 heteroatoms. The average molecular weight is 189 g/mol. The van der Waals surface area contributed by atoms with Gasteiger partial charge in [-0.05, 0) is 38.7 Å². The van der Waals surface area contributed by atoms with Gasteiger partial charge in [0.1, 0.15) is 0 Å². The molecule has 1 atom stereocenters. The van der Waals surface area contributed by atoms with Crippen molar-refractivity contribution in [3.05, 3.63) is 17.0 Å². The maximum Gasteiger partial charge on any atom is 0.0660 e. The van der Waals surface area contributed by atoms with Crippen LogP contribution in [-0.4, -0.2) is 9.78 Å². The molecule has 0 bridgehead atoms. The minimum Gasteiger partial charge on any atom is -0.270 e. The molecule has 0 radical (unpaired) electrons. The molecule has 3 nitrogen and oxygen atoms in total. The lowest BCUT2D eigenvalue weighted by molar-refractivity contribution is 0.555. The zero-order valence-corrected chi connectivity index (χ0v) is 8.75. The summed E-state index contributed by atoms with van der Waals surface area (Å²) in [6.07, 6.45) is 2.85. The van der Waals surface area contributed by atoms with Crippen LogP contribution in [0.5, 0.6) is 0 Å². The second-order valence-electron chi connectivity index (χ2n) is 3.90. The number of fused-ring (bicyclic) bond motifs is 1. The Morgan fingerprint density at radius 2 is 2.43 bits per heavy atom. The molecular weight excluding hydrogens is 174 g/mol. The van der Waals surface area contributed by atoms with Gasteiger partial charge in [-0.15, -0.1) is 0 Å². The largest absolute Gasteiger partial charge is 0.270 e. The zero-order valence-electron chi connectivity index (χ0n) is 8.75. The van der Waals surface area contributed by atoms with Crippen molar-refractivity contribution in [3.8, 4) is 6.07 Å². The van der Waals surface area contributed by atoms with E-state index in [0.29, 0.717) is 0 Å². The van der Waals surface area contributed by atoms with Gasteiger partial charge in [-0.3, -0.25) is 4.68 Å². The van der Waals surface area contributed by atoms with Crippen LogP contribution in [0.15, 0.2) is 0 Å². The molecule has 0 aliphatic heterocycles. The second kappa shape index (κ2) is 3.45. The fraction of sp³-hybridized carbons (Fsp3) is 0.636. The van der Waals surface area contributed by atoms with Gasteiger partial charge in [-0.1, -0.05) is 0 Å². The molecule has 0 saturated carbocycles. The first-order valence-corrected chi connectivity index (χ1v) is 5.21. The standard InChI is InChI=1S/C11H15N3/c1-3-14-8(2)10-6-9(7-12)4-5-11(10)13-14/h9H,3-6H2,1-2H3. The molecule has 0 amide bonds. The average Bonchev–Trinajstić information content (AvgIpc) is 2.55. The van der Waals surface area contributed by atoms with Gasteiger partial charge in [-0.2, -0.15) is 10.4 Å². The lowest BCUT2D eigenvalue weighted by Gasteiger charge is -2.14. The lowest BCUT2D eigenvalue weighted by atomic mass is 9.87. The molecule has 1 aliphatic carbocycles. The van der Waals surface area contributed by atoms with E-state index in [1.54, 1.807) is 0 Å². The molecule has 0 aromatic carbocycles. The summed E-state index contributed by atoms with van der Waals surface area (Å²) in [5, 5.41) is 13.4. The van der Waals surface area contributed by atoms with E-state index < -0.39 is 0 Å². The fourth-order valence-electron chi connectivity index (χ4n) is 2.19. The number of nitriles is 1. The molecule has 1 aromatic heterocycles. The topological polar surface area (TPSA) is 41.6 Å². The SMILES string of the molecule is CCn1nc2c(c1C)CC(C#N)CC2. The highest BCUT2D eigenvalue weighted by molar-refractivity contribution is 5.29. The molecule has 1 heterocycles. The van der Waals surface area contributed by atoms with E-state index in [2.05, 4.69) is 25.0 Å². The second-order valence-corrected chi connectivity index (χ2v) is 3.90. The van der Waals surface area contributed by atoms with Crippen molar-refractivity contribution in [3.63, 3.8) is 0 Å². The molecule has 1 aliphatic rings. The maximum absolute atomic E-state index is 8.89. The van der Waals surface area contributed by atoms with Gasteiger partial charge >= 0.3 is 0 Å². The van der Waals surface area contributed by atoms with E-state index in [-0.39, 0.29) is 5.92 Å². The van der Waals surface area contributed by atoms with Crippen molar-refractivity contribution in [1.82, 2.24) is 9.78 Å². The molecule has 2 rings (SSSR count). The number of nitrogens with zero attached hydrogens (tertiary/aromatic N) is 3. The minimum absolute atomic E-state index is 0.204. The number of hydrogen-bond acceptors (Lipinski definition) is 2. The van der Waals surface area contributed by atoms with Gasteiger partial charge in [0.2, 0.25) is 0 Å². The Bertz CT molecular complexity index is 384. The first kappa shape index (κ1) is 9.26. The third kappa shape index (κ3) is 1.31. The van der Waals surface area contributed by atoms with Gasteiger partial charge in [-0.25, -0.2) is 0 Å². The summed E-state index contributed by atoms with van der Waals surface area (Å²) in [5.41, 5.74) is 3.79. The molecule has 1 aromatic rings. The molecule has 0 fully saturated rings. The summed E-state index contributed by atoms with van der Waals surface area (Å²) >= 11 is 0. The summed E-state index contributed by atoms with van der Waals surface area (Å²) in [6, 6.07) is 2.36. The Hall–Kier alpha value is -1.30. The maximum atomic E-state index is 8.89. The number of hydrogen-bond donors (Lipinski definition) is 0. The van der Waals surface area contributed by atoms with Crippen LogP contribution in [0.25, 0.3) is 0 Å². The smallest absolute Gasteiger partial charge is 0.0660 e. The van der Waals surface area contributed by atoms with Crippen molar-refractivity contribution in [2.75, 3.05) is 0 Å². The normalized spacial score (nSPS) is 20.2. The van der Waals surface area contributed by atoms with Crippen molar-refractivity contribution in [1.29, 1.82) is 5.26 Å². The van der Waals surface area contributed by atoms with Crippen molar-refractivity contribution in [2.24, 2.45) is 5.92 Å². The lowest BCUT2D eigenvalue weighted by Crippen LogP contribution is -2.12. The highest BCUT2D eigenvalue weighted by Crippen LogP contribution is 2.26. The Morgan fingerprint density at radius 3 is 3.07 bits per heavy atom. The van der Waals surface area contributed by atoms with Crippen LogP contribution in [0.3, 0.4) is 0 Å². The van der Waals surface area contributed by atoms with Crippen LogP contribution in [0.2, 0.25) is 0 Å². The molecule has 0 spiro atoms. The van der Waals surface area contributed by atoms with Crippen molar-refractivity contribution >= 4 is 0 Å². The quantitative estimate of drug-likeness (QED) is 0.676. The summed E-state index contributed by atoms with van der Waals surface area (Å²) in [4.78, 5) is 0. The van der Waals surface area contributed by atoms with Crippen LogP contribution in [-0.2, 0) is 19.4 Å². The summed E-state index contributed by atoms with van der Waals surface area (Å²) in [7, 11) is 0. The van der Waals surface area contributed by atoms with Gasteiger partial charge in [0.25, 0.3) is 0 Å². The predicted octanol–water partition coefficient (Wildman–Crippen LogP) is 1.84. The van der Waals surface area contributed by atoms with Crippen molar-refractivity contribution < 1.29 is 0 Å². The zero-order chi connectivity index (χ0) is 10.1. The Kier molecular flexibility index (Phi) is 2.28. The highest BCUT2D eigenvalue weighted by Gasteiger charge is 2.23. The van der Waals surface area contributed by atoms with E-state index in [9.17, 15) is 0 Å². The summed E-state index contributed by atoms with van der Waals surface area (Å²) in [6.45, 7) is 5.14. The Labute approximate surface area is 84.3 Å². The highest BCUT2D eigenvalue weighted by atomic mass is 15.3. The molecule has 0 saturated heterocycles. The third-order valence-corrected chi connectivity index (χ3v) is 3.08. The number of aryl methyl sites for hydroxylation is 2. The van der Waals surface area contributed by atoms with Gasteiger partial charge in [0.15, 0.2) is 0 Å². The molecule has 1 unspecified atom stereocenters. The van der Waals surface area contributed by atoms with E-state index in [0.717, 1.165) is 25.8 Å². The van der Waals surface area contributed by atoms with E-state index in [4.69, 9.17) is 5.26 Å². The first-order valence-electron chi connectivity index (χ1n) is 5.21. The summed E-state index contributed by atoms with van der Waals surface area (Å²) in [5.74, 6) is 0.204. The van der Waals surface area contributed by atoms with E-state index >= 15 is 0 Å². The molecule has 74 valence electrons. The molecule has 14 heavy (non-hydrogen) atoms. The van der Waals surface area contributed by atoms with Crippen LogP contribution in [0, 0.1) is 24.2 Å². The molecule has 0 N–H and O–H groups in total. The van der Waals surface area contributed by atoms with Gasteiger partial charge in [0.05, 0.1) is 17.7 Å². The minimum atomic E-state index is 0.204. The molecular formula is C11H15N3. The van der Waals surface area contributed by atoms with Crippen LogP contribution in [0.4, 0.5) is 0 Å². The van der Waals surface area contributed by atoms with Crippen LogP contribution in [0.1, 0.15) is 30.3 Å². The number of aromatic nitrogens is 2. The first-order chi connectivity index (χ1) is 6.76.